The lowest BCUT2D eigenvalue weighted by Gasteiger charge is -2.07. The van der Waals surface area contributed by atoms with Crippen LogP contribution in [0.4, 0.5) is 4.39 Å². The number of nitrogens with one attached hydrogen (secondary N) is 2. The fraction of sp³-hybridized carbons (Fsp3) is 0.500. The normalized spacial score (nSPS) is 14.6. The highest BCUT2D eigenvalue weighted by Crippen LogP contribution is 2.17. The first-order valence-electron chi connectivity index (χ1n) is 6.40. The van der Waals surface area contributed by atoms with Crippen LogP contribution in [-0.4, -0.2) is 25.0 Å². The van der Waals surface area contributed by atoms with Crippen molar-refractivity contribution >= 4 is 5.91 Å². The molecule has 0 atom stereocenters. The average Bonchev–Trinajstić information content (AvgIpc) is 3.15. The predicted molar refractivity (Wildman–Crippen MR) is 68.9 cm³/mol. The summed E-state index contributed by atoms with van der Waals surface area (Å²) in [7, 11) is 0. The Balaban J connectivity index is 1.67. The lowest BCUT2D eigenvalue weighted by atomic mass is 10.1. The van der Waals surface area contributed by atoms with E-state index in [0.29, 0.717) is 24.7 Å². The molecule has 2 N–H and O–H groups in total. The Labute approximate surface area is 107 Å². The van der Waals surface area contributed by atoms with Gasteiger partial charge < -0.3 is 10.6 Å². The molecule has 1 aromatic carbocycles. The lowest BCUT2D eigenvalue weighted by molar-refractivity contribution is -0.120. The number of hydrogen-bond acceptors (Lipinski definition) is 2. The molecule has 1 fully saturated rings. The summed E-state index contributed by atoms with van der Waals surface area (Å²) in [4.78, 5) is 11.5. The zero-order valence-electron chi connectivity index (χ0n) is 10.6. The molecule has 0 heterocycles. The van der Waals surface area contributed by atoms with E-state index in [1.165, 1.54) is 18.9 Å². The maximum atomic E-state index is 13.1. The van der Waals surface area contributed by atoms with E-state index >= 15 is 0 Å². The SMILES string of the molecule is Cc1cc(CCNC(=O)CNC2CC2)ccc1F. The standard InChI is InChI=1S/C14H19FN2O/c1-10-8-11(2-5-13(10)15)6-7-16-14(18)9-17-12-3-4-12/h2,5,8,12,17H,3-4,6-7,9H2,1H3,(H,16,18). The lowest BCUT2D eigenvalue weighted by Crippen LogP contribution is -2.35. The molecule has 0 spiro atoms. The van der Waals surface area contributed by atoms with E-state index < -0.39 is 0 Å². The molecule has 1 amide bonds. The number of halogens is 1. The van der Waals surface area contributed by atoms with Crippen molar-refractivity contribution in [3.63, 3.8) is 0 Å². The minimum atomic E-state index is -0.184. The van der Waals surface area contributed by atoms with Crippen molar-refractivity contribution in [2.75, 3.05) is 13.1 Å². The zero-order chi connectivity index (χ0) is 13.0. The van der Waals surface area contributed by atoms with Crippen LogP contribution in [0.3, 0.4) is 0 Å². The average molecular weight is 250 g/mol. The van der Waals surface area contributed by atoms with Gasteiger partial charge in [0.25, 0.3) is 0 Å². The minimum absolute atomic E-state index is 0.0285. The van der Waals surface area contributed by atoms with Gasteiger partial charge in [0.05, 0.1) is 6.54 Å². The molecule has 3 nitrogen and oxygen atoms in total. The van der Waals surface area contributed by atoms with Crippen LogP contribution < -0.4 is 10.6 Å². The topological polar surface area (TPSA) is 41.1 Å². The van der Waals surface area contributed by atoms with Gasteiger partial charge in [-0.05, 0) is 43.4 Å². The van der Waals surface area contributed by atoms with Gasteiger partial charge in [-0.25, -0.2) is 4.39 Å². The van der Waals surface area contributed by atoms with E-state index in [1.807, 2.05) is 6.07 Å². The van der Waals surface area contributed by atoms with E-state index in [2.05, 4.69) is 10.6 Å². The first-order chi connectivity index (χ1) is 8.65. The summed E-state index contributed by atoms with van der Waals surface area (Å²) in [5, 5.41) is 6.01. The van der Waals surface area contributed by atoms with E-state index in [1.54, 1.807) is 13.0 Å². The highest BCUT2D eigenvalue weighted by Gasteiger charge is 2.20. The molecule has 1 aliphatic carbocycles. The Morgan fingerprint density at radius 2 is 2.22 bits per heavy atom. The Morgan fingerprint density at radius 3 is 2.89 bits per heavy atom. The summed E-state index contributed by atoms with van der Waals surface area (Å²) in [5.74, 6) is -0.155. The van der Waals surface area contributed by atoms with Crippen LogP contribution >= 0.6 is 0 Å². The summed E-state index contributed by atoms with van der Waals surface area (Å²) < 4.78 is 13.1. The van der Waals surface area contributed by atoms with Crippen LogP contribution in [0, 0.1) is 12.7 Å². The Hall–Kier alpha value is -1.42. The van der Waals surface area contributed by atoms with Crippen molar-refractivity contribution in [1.29, 1.82) is 0 Å². The van der Waals surface area contributed by atoms with Crippen LogP contribution in [0.25, 0.3) is 0 Å². The third-order valence-electron chi connectivity index (χ3n) is 3.09. The van der Waals surface area contributed by atoms with Crippen molar-refractivity contribution in [2.45, 2.75) is 32.2 Å². The van der Waals surface area contributed by atoms with Gasteiger partial charge >= 0.3 is 0 Å². The zero-order valence-corrected chi connectivity index (χ0v) is 10.6. The van der Waals surface area contributed by atoms with Gasteiger partial charge in [0.2, 0.25) is 5.91 Å². The van der Waals surface area contributed by atoms with Gasteiger partial charge in [-0.3, -0.25) is 4.79 Å². The van der Waals surface area contributed by atoms with Gasteiger partial charge in [-0.15, -0.1) is 0 Å². The maximum absolute atomic E-state index is 13.1. The van der Waals surface area contributed by atoms with E-state index in [9.17, 15) is 9.18 Å². The number of aryl methyl sites for hydroxylation is 1. The molecule has 0 aromatic heterocycles. The van der Waals surface area contributed by atoms with E-state index in [0.717, 1.165) is 12.0 Å². The molecule has 0 aliphatic heterocycles. The Morgan fingerprint density at radius 1 is 1.44 bits per heavy atom. The maximum Gasteiger partial charge on any atom is 0.233 e. The van der Waals surface area contributed by atoms with Crippen LogP contribution in [-0.2, 0) is 11.2 Å². The first kappa shape index (κ1) is 13.0. The summed E-state index contributed by atoms with van der Waals surface area (Å²) in [5.41, 5.74) is 1.69. The minimum Gasteiger partial charge on any atom is -0.355 e. The second-order valence-corrected chi connectivity index (χ2v) is 4.84. The molecule has 1 aromatic rings. The van der Waals surface area contributed by atoms with Crippen LogP contribution in [0.2, 0.25) is 0 Å². The third kappa shape index (κ3) is 4.11. The van der Waals surface area contributed by atoms with Crippen LogP contribution in [0.15, 0.2) is 18.2 Å². The second kappa shape index (κ2) is 5.96. The molecule has 0 saturated heterocycles. The Kier molecular flexibility index (Phi) is 4.31. The predicted octanol–water partition coefficient (Wildman–Crippen LogP) is 1.54. The van der Waals surface area contributed by atoms with Crippen molar-refractivity contribution in [3.05, 3.63) is 35.1 Å². The fourth-order valence-electron chi connectivity index (χ4n) is 1.80. The number of carbonyl (C=O) groups excluding carboxylic acids is 1. The highest BCUT2D eigenvalue weighted by molar-refractivity contribution is 5.78. The number of amides is 1. The first-order valence-corrected chi connectivity index (χ1v) is 6.40. The van der Waals surface area contributed by atoms with Crippen LogP contribution in [0.5, 0.6) is 0 Å². The molecular weight excluding hydrogens is 231 g/mol. The highest BCUT2D eigenvalue weighted by atomic mass is 19.1. The fourth-order valence-corrected chi connectivity index (χ4v) is 1.80. The van der Waals surface area contributed by atoms with Crippen molar-refractivity contribution < 1.29 is 9.18 Å². The van der Waals surface area contributed by atoms with Crippen molar-refractivity contribution in [3.8, 4) is 0 Å². The molecule has 1 saturated carbocycles. The molecule has 2 rings (SSSR count). The number of carbonyl (C=O) groups is 1. The molecule has 0 radical (unpaired) electrons. The third-order valence-corrected chi connectivity index (χ3v) is 3.09. The second-order valence-electron chi connectivity index (χ2n) is 4.84. The van der Waals surface area contributed by atoms with Crippen molar-refractivity contribution in [2.24, 2.45) is 0 Å². The monoisotopic (exact) mass is 250 g/mol. The largest absolute Gasteiger partial charge is 0.355 e. The molecule has 98 valence electrons. The summed E-state index contributed by atoms with van der Waals surface area (Å²) in [6.07, 6.45) is 3.10. The van der Waals surface area contributed by atoms with Gasteiger partial charge in [0, 0.05) is 12.6 Å². The summed E-state index contributed by atoms with van der Waals surface area (Å²) >= 11 is 0. The number of rotatable bonds is 6. The van der Waals surface area contributed by atoms with Crippen LogP contribution in [0.1, 0.15) is 24.0 Å². The summed E-state index contributed by atoms with van der Waals surface area (Å²) in [6, 6.07) is 5.61. The van der Waals surface area contributed by atoms with E-state index in [-0.39, 0.29) is 11.7 Å². The van der Waals surface area contributed by atoms with Gasteiger partial charge in [-0.2, -0.15) is 0 Å². The molecule has 1 aliphatic rings. The number of hydrogen-bond donors (Lipinski definition) is 2. The summed E-state index contributed by atoms with van der Waals surface area (Å²) in [6.45, 7) is 2.74. The van der Waals surface area contributed by atoms with Gasteiger partial charge in [0.1, 0.15) is 5.82 Å². The smallest absolute Gasteiger partial charge is 0.233 e. The molecule has 4 heteroatoms. The molecule has 0 unspecified atom stereocenters. The molecule has 0 bridgehead atoms. The number of benzene rings is 1. The molecular formula is C14H19FN2O. The Bertz CT molecular complexity index is 430. The van der Waals surface area contributed by atoms with E-state index in [4.69, 9.17) is 0 Å². The quantitative estimate of drug-likeness (QED) is 0.804. The van der Waals surface area contributed by atoms with Crippen molar-refractivity contribution in [1.82, 2.24) is 10.6 Å². The van der Waals surface area contributed by atoms with Gasteiger partial charge in [0.15, 0.2) is 0 Å². The molecule has 18 heavy (non-hydrogen) atoms. The van der Waals surface area contributed by atoms with Gasteiger partial charge in [-0.1, -0.05) is 12.1 Å².